The van der Waals surface area contributed by atoms with Gasteiger partial charge in [-0.05, 0) is 73.1 Å². The Labute approximate surface area is 263 Å². The van der Waals surface area contributed by atoms with Gasteiger partial charge in [0.15, 0.2) is 0 Å². The molecule has 2 N–H and O–H groups in total. The van der Waals surface area contributed by atoms with Crippen molar-refractivity contribution < 1.29 is 23.1 Å². The number of aliphatic carboxylic acids is 1. The fourth-order valence-corrected chi connectivity index (χ4v) is 7.94. The molecule has 1 saturated carbocycles. The quantitative estimate of drug-likeness (QED) is 0.235. The van der Waals surface area contributed by atoms with Gasteiger partial charge in [-0.25, -0.2) is 13.1 Å². The summed E-state index contributed by atoms with van der Waals surface area (Å²) in [6.07, 6.45) is 1.63. The van der Waals surface area contributed by atoms with E-state index in [-0.39, 0.29) is 37.1 Å². The van der Waals surface area contributed by atoms with Crippen LogP contribution in [0.1, 0.15) is 73.4 Å². The van der Waals surface area contributed by atoms with Crippen LogP contribution in [0.15, 0.2) is 78.9 Å². The number of hydrogen-bond donors (Lipinski definition) is 2. The van der Waals surface area contributed by atoms with Crippen LogP contribution in [0.3, 0.4) is 0 Å². The van der Waals surface area contributed by atoms with Gasteiger partial charge in [0.1, 0.15) is 0 Å². The van der Waals surface area contributed by atoms with Crippen molar-refractivity contribution in [3.63, 3.8) is 0 Å². The van der Waals surface area contributed by atoms with E-state index in [1.165, 1.54) is 0 Å². The van der Waals surface area contributed by atoms with Crippen LogP contribution >= 0.6 is 23.2 Å². The van der Waals surface area contributed by atoms with E-state index in [2.05, 4.69) is 4.72 Å². The molecule has 5 atom stereocenters. The van der Waals surface area contributed by atoms with Crippen LogP contribution in [0.4, 0.5) is 0 Å². The Morgan fingerprint density at radius 1 is 1.00 bits per heavy atom. The fraction of sp³-hybridized carbons (Fsp3) is 0.394. The van der Waals surface area contributed by atoms with Gasteiger partial charge in [-0.1, -0.05) is 84.7 Å². The molecule has 3 aromatic carbocycles. The predicted molar refractivity (Wildman–Crippen MR) is 169 cm³/mol. The van der Waals surface area contributed by atoms with Crippen molar-refractivity contribution in [1.29, 1.82) is 0 Å². The van der Waals surface area contributed by atoms with Gasteiger partial charge in [0.2, 0.25) is 15.9 Å². The fourth-order valence-electron chi connectivity index (χ4n) is 6.45. The Balaban J connectivity index is 1.59. The molecule has 228 valence electrons. The third kappa shape index (κ3) is 6.93. The van der Waals surface area contributed by atoms with Gasteiger partial charge >= 0.3 is 5.97 Å². The average Bonchev–Trinajstić information content (AvgIpc) is 3.81. The number of piperidine rings is 1. The molecule has 3 aromatic rings. The highest BCUT2D eigenvalue weighted by Crippen LogP contribution is 2.54. The van der Waals surface area contributed by atoms with Crippen molar-refractivity contribution in [1.82, 2.24) is 9.62 Å². The van der Waals surface area contributed by atoms with Gasteiger partial charge in [0.25, 0.3) is 0 Å². The second-order valence-corrected chi connectivity index (χ2v) is 15.0. The molecule has 1 aliphatic carbocycles. The van der Waals surface area contributed by atoms with Crippen molar-refractivity contribution in [3.05, 3.63) is 106 Å². The summed E-state index contributed by atoms with van der Waals surface area (Å²) in [7, 11) is -3.79. The van der Waals surface area contributed by atoms with Crippen molar-refractivity contribution in [2.75, 3.05) is 6.54 Å². The second kappa shape index (κ2) is 12.6. The Kier molecular flexibility index (Phi) is 9.23. The van der Waals surface area contributed by atoms with Crippen molar-refractivity contribution in [2.45, 2.75) is 62.8 Å². The normalized spacial score (nSPS) is 24.0. The smallest absolute Gasteiger partial charge is 0.304 e. The lowest BCUT2D eigenvalue weighted by atomic mass is 9.67. The third-order valence-electron chi connectivity index (χ3n) is 8.88. The highest BCUT2D eigenvalue weighted by Gasteiger charge is 2.54. The molecular weight excluding hydrogens is 607 g/mol. The molecule has 2 fully saturated rings. The number of rotatable bonds is 11. The number of hydrogen-bond acceptors (Lipinski definition) is 4. The first-order valence-corrected chi connectivity index (χ1v) is 16.8. The maximum Gasteiger partial charge on any atom is 0.304 e. The number of likely N-dealkylation sites (tertiary alicyclic amines) is 1. The number of carbonyl (C=O) groups is 2. The molecule has 43 heavy (non-hydrogen) atoms. The summed E-state index contributed by atoms with van der Waals surface area (Å²) in [6, 6.07) is 22.8. The van der Waals surface area contributed by atoms with Gasteiger partial charge in [-0.15, -0.1) is 0 Å². The van der Waals surface area contributed by atoms with Gasteiger partial charge in [0, 0.05) is 28.5 Å². The van der Waals surface area contributed by atoms with Crippen molar-refractivity contribution in [3.8, 4) is 0 Å². The summed E-state index contributed by atoms with van der Waals surface area (Å²) in [5.41, 5.74) is 1.17. The van der Waals surface area contributed by atoms with Crippen LogP contribution in [0.25, 0.3) is 0 Å². The number of nitrogens with zero attached hydrogens (tertiary/aromatic N) is 1. The van der Waals surface area contributed by atoms with E-state index in [1.807, 2.05) is 36.4 Å². The Morgan fingerprint density at radius 2 is 1.67 bits per heavy atom. The lowest BCUT2D eigenvalue weighted by Gasteiger charge is -2.52. The van der Waals surface area contributed by atoms with Gasteiger partial charge < -0.3 is 10.0 Å². The van der Waals surface area contributed by atoms with Crippen molar-refractivity contribution in [2.24, 2.45) is 11.3 Å². The van der Waals surface area contributed by atoms with Gasteiger partial charge in [-0.3, -0.25) is 9.59 Å². The van der Waals surface area contributed by atoms with Crippen LogP contribution in [0, 0.1) is 11.3 Å². The van der Waals surface area contributed by atoms with E-state index < -0.39 is 38.7 Å². The minimum Gasteiger partial charge on any atom is -0.481 e. The maximum absolute atomic E-state index is 14.6. The molecule has 0 radical (unpaired) electrons. The zero-order chi connectivity index (χ0) is 30.9. The maximum atomic E-state index is 14.6. The Hall–Kier alpha value is -2.91. The van der Waals surface area contributed by atoms with Crippen molar-refractivity contribution >= 4 is 45.1 Å². The number of carbonyl (C=O) groups excluding carboxylic acids is 1. The van der Waals surface area contributed by atoms with Crippen LogP contribution in [-0.2, 0) is 19.6 Å². The molecular formula is C33H36Cl2N2O5S. The standard InChI is InChI=1S/C33H36Cl2N2O5S/c1-21(22-7-4-3-5-8-22)43(41,42)36-20-29(23-11-12-23)37-31(24-13-15-26(34)16-14-24)28(25-9-6-10-27(35)17-25)18-33(2,32(37)40)19-30(38)39/h3-10,13-17,21,23,28-29,31,36H,11-12,18-20H2,1-2H3,(H,38,39). The van der Waals surface area contributed by atoms with E-state index >= 15 is 0 Å². The molecule has 2 aliphatic rings. The van der Waals surface area contributed by atoms with E-state index in [0.29, 0.717) is 15.6 Å². The second-order valence-electron chi connectivity index (χ2n) is 12.1. The number of nitrogens with one attached hydrogen (secondary N) is 1. The molecule has 0 spiro atoms. The minimum absolute atomic E-state index is 0.0193. The molecule has 5 rings (SSSR count). The summed E-state index contributed by atoms with van der Waals surface area (Å²) >= 11 is 12.7. The molecule has 1 amide bonds. The molecule has 5 unspecified atom stereocenters. The molecule has 1 aliphatic heterocycles. The monoisotopic (exact) mass is 642 g/mol. The average molecular weight is 644 g/mol. The Morgan fingerprint density at radius 3 is 2.28 bits per heavy atom. The van der Waals surface area contributed by atoms with Crippen LogP contribution in [0.5, 0.6) is 0 Å². The number of sulfonamides is 1. The zero-order valence-electron chi connectivity index (χ0n) is 24.1. The summed E-state index contributed by atoms with van der Waals surface area (Å²) in [5, 5.41) is 10.2. The lowest BCUT2D eigenvalue weighted by molar-refractivity contribution is -0.161. The van der Waals surface area contributed by atoms with E-state index in [4.69, 9.17) is 23.2 Å². The minimum atomic E-state index is -3.79. The van der Waals surface area contributed by atoms with Gasteiger partial charge in [-0.2, -0.15) is 0 Å². The van der Waals surface area contributed by atoms with E-state index in [9.17, 15) is 23.1 Å². The summed E-state index contributed by atoms with van der Waals surface area (Å²) in [6.45, 7) is 3.37. The molecule has 0 bridgehead atoms. The summed E-state index contributed by atoms with van der Waals surface area (Å²) < 4.78 is 29.8. The largest absolute Gasteiger partial charge is 0.481 e. The zero-order valence-corrected chi connectivity index (χ0v) is 26.4. The van der Waals surface area contributed by atoms with Crippen LogP contribution < -0.4 is 4.72 Å². The lowest BCUT2D eigenvalue weighted by Crippen LogP contribution is -2.59. The highest BCUT2D eigenvalue weighted by molar-refractivity contribution is 7.89. The number of amides is 1. The van der Waals surface area contributed by atoms with Crippen LogP contribution in [-0.4, -0.2) is 42.9 Å². The van der Waals surface area contributed by atoms with Crippen LogP contribution in [0.2, 0.25) is 10.0 Å². The van der Waals surface area contributed by atoms with E-state index in [1.54, 1.807) is 61.2 Å². The van der Waals surface area contributed by atoms with E-state index in [0.717, 1.165) is 24.0 Å². The Bertz CT molecular complexity index is 1580. The van der Waals surface area contributed by atoms with Gasteiger partial charge in [0.05, 0.1) is 23.1 Å². The number of benzene rings is 3. The topological polar surface area (TPSA) is 104 Å². The number of carboxylic acids is 1. The molecule has 0 aromatic heterocycles. The number of carboxylic acid groups (broad SMARTS) is 1. The molecule has 10 heteroatoms. The highest BCUT2D eigenvalue weighted by atomic mass is 35.5. The third-order valence-corrected chi connectivity index (χ3v) is 11.1. The molecule has 7 nitrogen and oxygen atoms in total. The SMILES string of the molecule is CC(c1ccccc1)S(=O)(=O)NCC(C1CC1)N1C(=O)C(C)(CC(=O)O)CC(c2cccc(Cl)c2)C1c1ccc(Cl)cc1. The number of halogens is 2. The molecule has 1 heterocycles. The predicted octanol–water partition coefficient (Wildman–Crippen LogP) is 6.99. The molecule has 1 saturated heterocycles. The first kappa shape index (κ1) is 31.5. The first-order chi connectivity index (χ1) is 20.4. The summed E-state index contributed by atoms with van der Waals surface area (Å²) in [5.74, 6) is -1.59. The first-order valence-electron chi connectivity index (χ1n) is 14.5. The summed E-state index contributed by atoms with van der Waals surface area (Å²) in [4.78, 5) is 28.4.